The quantitative estimate of drug-likeness (QED) is 0.835. The highest BCUT2D eigenvalue weighted by molar-refractivity contribution is 7.89. The van der Waals surface area contributed by atoms with Crippen LogP contribution in [0.5, 0.6) is 0 Å². The Kier molecular flexibility index (Phi) is 5.41. The highest BCUT2D eigenvalue weighted by Gasteiger charge is 2.18. The summed E-state index contributed by atoms with van der Waals surface area (Å²) in [7, 11) is -3.64. The highest BCUT2D eigenvalue weighted by Crippen LogP contribution is 2.25. The second-order valence-corrected chi connectivity index (χ2v) is 7.90. The van der Waals surface area contributed by atoms with Crippen LogP contribution in [0, 0.1) is 13.8 Å². The molecule has 0 aromatic heterocycles. The molecule has 2 aromatic rings. The average molecular weight is 379 g/mol. The van der Waals surface area contributed by atoms with Crippen molar-refractivity contribution in [1.82, 2.24) is 4.72 Å². The third-order valence-electron chi connectivity index (χ3n) is 3.20. The molecule has 1 N–H and O–H groups in total. The molecule has 0 aliphatic carbocycles. The second-order valence-electron chi connectivity index (χ2n) is 4.94. The number of rotatable bonds is 4. The van der Waals surface area contributed by atoms with Crippen molar-refractivity contribution < 1.29 is 8.42 Å². The smallest absolute Gasteiger partial charge is 0.207 e. The molecule has 0 fully saturated rings. The zero-order valence-electron chi connectivity index (χ0n) is 12.0. The van der Waals surface area contributed by atoms with Crippen molar-refractivity contribution in [1.29, 1.82) is 0 Å². The van der Waals surface area contributed by atoms with Crippen molar-refractivity contribution in [2.24, 2.45) is 0 Å². The summed E-state index contributed by atoms with van der Waals surface area (Å²) in [5.74, 6) is 0. The van der Waals surface area contributed by atoms with Crippen LogP contribution in [0.3, 0.4) is 0 Å². The molecular weight excluding hydrogens is 365 g/mol. The second kappa shape index (κ2) is 6.77. The fourth-order valence-electron chi connectivity index (χ4n) is 1.95. The lowest BCUT2D eigenvalue weighted by Crippen LogP contribution is -2.24. The normalized spacial score (nSPS) is 11.7. The van der Waals surface area contributed by atoms with E-state index in [1.54, 1.807) is 44.2 Å². The topological polar surface area (TPSA) is 46.2 Å². The van der Waals surface area contributed by atoms with Crippen LogP contribution in [0.4, 0.5) is 0 Å². The van der Waals surface area contributed by atoms with Gasteiger partial charge in [-0.2, -0.15) is 0 Å². The summed E-state index contributed by atoms with van der Waals surface area (Å²) in [6.45, 7) is 3.60. The molecule has 0 heterocycles. The Morgan fingerprint density at radius 1 is 0.909 bits per heavy atom. The van der Waals surface area contributed by atoms with Crippen LogP contribution in [0.15, 0.2) is 35.2 Å². The zero-order valence-corrected chi connectivity index (χ0v) is 15.0. The summed E-state index contributed by atoms with van der Waals surface area (Å²) in [5, 5.41) is 1.36. The minimum Gasteiger partial charge on any atom is -0.207 e. The van der Waals surface area contributed by atoms with Gasteiger partial charge >= 0.3 is 0 Å². The number of sulfonamides is 1. The lowest BCUT2D eigenvalue weighted by atomic mass is 10.2. The van der Waals surface area contributed by atoms with Crippen LogP contribution in [0.2, 0.25) is 15.1 Å². The van der Waals surface area contributed by atoms with Crippen molar-refractivity contribution in [3.05, 3.63) is 62.1 Å². The molecule has 0 unspecified atom stereocenters. The molecule has 0 aliphatic heterocycles. The SMILES string of the molecule is Cc1cc(S(=O)(=O)NCc2ccc(Cl)c(Cl)c2)c(C)cc1Cl. The molecule has 0 spiro atoms. The van der Waals surface area contributed by atoms with E-state index in [4.69, 9.17) is 34.8 Å². The van der Waals surface area contributed by atoms with E-state index in [2.05, 4.69) is 4.72 Å². The number of aryl methyl sites for hydroxylation is 2. The van der Waals surface area contributed by atoms with Gasteiger partial charge in [0.1, 0.15) is 0 Å². The Balaban J connectivity index is 2.24. The standard InChI is InChI=1S/C15H14Cl3NO2S/c1-9-6-15(10(2)5-13(9)17)22(20,21)19-8-11-3-4-12(16)14(18)7-11/h3-7,19H,8H2,1-2H3. The van der Waals surface area contributed by atoms with Gasteiger partial charge in [0.25, 0.3) is 0 Å². The molecule has 0 radical (unpaired) electrons. The number of halogens is 3. The fourth-order valence-corrected chi connectivity index (χ4v) is 3.82. The molecular formula is C15H14Cl3NO2S. The van der Waals surface area contributed by atoms with E-state index in [-0.39, 0.29) is 11.4 Å². The molecule has 7 heteroatoms. The molecule has 0 aliphatic rings. The summed E-state index contributed by atoms with van der Waals surface area (Å²) in [4.78, 5) is 0.217. The first-order valence-electron chi connectivity index (χ1n) is 6.41. The third kappa shape index (κ3) is 3.94. The molecule has 0 amide bonds. The van der Waals surface area contributed by atoms with Crippen LogP contribution < -0.4 is 4.72 Å². The van der Waals surface area contributed by atoms with E-state index in [9.17, 15) is 8.42 Å². The number of benzene rings is 2. The lowest BCUT2D eigenvalue weighted by Gasteiger charge is -2.11. The molecule has 22 heavy (non-hydrogen) atoms. The Morgan fingerprint density at radius 3 is 2.23 bits per heavy atom. The Morgan fingerprint density at radius 2 is 1.59 bits per heavy atom. The Labute approximate surface area is 145 Å². The average Bonchev–Trinajstić information content (AvgIpc) is 2.44. The van der Waals surface area contributed by atoms with E-state index in [0.717, 1.165) is 5.56 Å². The van der Waals surface area contributed by atoms with Crippen molar-refractivity contribution in [3.8, 4) is 0 Å². The molecule has 0 saturated heterocycles. The van der Waals surface area contributed by atoms with E-state index in [1.807, 2.05) is 0 Å². The number of nitrogens with one attached hydrogen (secondary N) is 1. The lowest BCUT2D eigenvalue weighted by molar-refractivity contribution is 0.580. The molecule has 2 aromatic carbocycles. The van der Waals surface area contributed by atoms with Crippen molar-refractivity contribution in [2.45, 2.75) is 25.3 Å². The first kappa shape index (κ1) is 17.6. The minimum atomic E-state index is -3.64. The number of hydrogen-bond acceptors (Lipinski definition) is 2. The fraction of sp³-hybridized carbons (Fsp3) is 0.200. The maximum Gasteiger partial charge on any atom is 0.241 e. The van der Waals surface area contributed by atoms with Gasteiger partial charge in [0.15, 0.2) is 0 Å². The minimum absolute atomic E-state index is 0.125. The predicted octanol–water partition coefficient (Wildman–Crippen LogP) is 4.74. The van der Waals surface area contributed by atoms with Gasteiger partial charge in [-0.25, -0.2) is 13.1 Å². The van der Waals surface area contributed by atoms with Gasteiger partial charge in [0.05, 0.1) is 14.9 Å². The van der Waals surface area contributed by atoms with Crippen LogP contribution in [0.25, 0.3) is 0 Å². The largest absolute Gasteiger partial charge is 0.241 e. The predicted molar refractivity (Wildman–Crippen MR) is 91.4 cm³/mol. The monoisotopic (exact) mass is 377 g/mol. The van der Waals surface area contributed by atoms with Gasteiger partial charge in [-0.3, -0.25) is 0 Å². The van der Waals surface area contributed by atoms with Crippen LogP contribution >= 0.6 is 34.8 Å². The molecule has 118 valence electrons. The van der Waals surface area contributed by atoms with Gasteiger partial charge in [-0.1, -0.05) is 40.9 Å². The highest BCUT2D eigenvalue weighted by atomic mass is 35.5. The Hall–Kier alpha value is -0.780. The third-order valence-corrected chi connectivity index (χ3v) is 5.89. The molecule has 3 nitrogen and oxygen atoms in total. The maximum atomic E-state index is 12.4. The van der Waals surface area contributed by atoms with Gasteiger partial charge < -0.3 is 0 Å². The molecule has 0 saturated carbocycles. The zero-order chi connectivity index (χ0) is 16.5. The Bertz CT molecular complexity index is 820. The van der Waals surface area contributed by atoms with E-state index in [1.165, 1.54) is 0 Å². The van der Waals surface area contributed by atoms with E-state index >= 15 is 0 Å². The molecule has 2 rings (SSSR count). The number of hydrogen-bond donors (Lipinski definition) is 1. The van der Waals surface area contributed by atoms with Crippen molar-refractivity contribution >= 4 is 44.8 Å². The van der Waals surface area contributed by atoms with Crippen LogP contribution in [-0.4, -0.2) is 8.42 Å². The van der Waals surface area contributed by atoms with Gasteiger partial charge in [-0.05, 0) is 54.8 Å². The first-order chi connectivity index (χ1) is 10.2. The van der Waals surface area contributed by atoms with Crippen LogP contribution in [-0.2, 0) is 16.6 Å². The first-order valence-corrected chi connectivity index (χ1v) is 9.03. The summed E-state index contributed by atoms with van der Waals surface area (Å²) in [6.07, 6.45) is 0. The van der Waals surface area contributed by atoms with Gasteiger partial charge in [0.2, 0.25) is 10.0 Å². The molecule has 0 bridgehead atoms. The summed E-state index contributed by atoms with van der Waals surface area (Å²) >= 11 is 17.8. The summed E-state index contributed by atoms with van der Waals surface area (Å²) < 4.78 is 27.4. The van der Waals surface area contributed by atoms with Crippen molar-refractivity contribution in [2.75, 3.05) is 0 Å². The summed E-state index contributed by atoms with van der Waals surface area (Å²) in [6, 6.07) is 8.19. The van der Waals surface area contributed by atoms with Gasteiger partial charge in [0, 0.05) is 11.6 Å². The molecule has 0 atom stereocenters. The summed E-state index contributed by atoms with van der Waals surface area (Å²) in [5.41, 5.74) is 2.03. The maximum absolute atomic E-state index is 12.4. The van der Waals surface area contributed by atoms with Crippen molar-refractivity contribution in [3.63, 3.8) is 0 Å². The van der Waals surface area contributed by atoms with E-state index in [0.29, 0.717) is 26.2 Å². The van der Waals surface area contributed by atoms with Crippen LogP contribution in [0.1, 0.15) is 16.7 Å². The van der Waals surface area contributed by atoms with Gasteiger partial charge in [-0.15, -0.1) is 0 Å². The van der Waals surface area contributed by atoms with E-state index < -0.39 is 10.0 Å².